The zero-order chi connectivity index (χ0) is 32.5. The minimum absolute atomic E-state index is 0.0318. The highest BCUT2D eigenvalue weighted by molar-refractivity contribution is 5.94. The van der Waals surface area contributed by atoms with Crippen LogP contribution in [0.4, 0.5) is 5.82 Å². The number of aromatic nitrogens is 4. The van der Waals surface area contributed by atoms with E-state index in [4.69, 9.17) is 4.74 Å². The van der Waals surface area contributed by atoms with Crippen molar-refractivity contribution < 1.29 is 24.5 Å². The zero-order valence-electron chi connectivity index (χ0n) is 26.3. The number of aliphatic hydroxyl groups is 2. The highest BCUT2D eigenvalue weighted by Crippen LogP contribution is 2.44. The van der Waals surface area contributed by atoms with Gasteiger partial charge in [-0.1, -0.05) is 55.0 Å². The van der Waals surface area contributed by atoms with Gasteiger partial charge in [-0.15, -0.1) is 0 Å². The summed E-state index contributed by atoms with van der Waals surface area (Å²) in [5, 5.41) is 30.7. The van der Waals surface area contributed by atoms with Crippen LogP contribution in [0.5, 0.6) is 0 Å². The third-order valence-electron chi connectivity index (χ3n) is 9.34. The summed E-state index contributed by atoms with van der Waals surface area (Å²) >= 11 is 0. The summed E-state index contributed by atoms with van der Waals surface area (Å²) in [6, 6.07) is 16.6. The molecule has 4 heterocycles. The molecule has 0 saturated carbocycles. The van der Waals surface area contributed by atoms with Crippen LogP contribution in [-0.4, -0.2) is 104 Å². The Kier molecular flexibility index (Phi) is 8.86. The number of hydrogen-bond acceptors (Lipinski definition) is 10. The van der Waals surface area contributed by atoms with E-state index in [9.17, 15) is 19.8 Å². The summed E-state index contributed by atoms with van der Waals surface area (Å²) < 4.78 is 7.31. The van der Waals surface area contributed by atoms with Crippen LogP contribution in [0.25, 0.3) is 22.3 Å². The molecule has 47 heavy (non-hydrogen) atoms. The Morgan fingerprint density at radius 1 is 0.936 bits per heavy atom. The molecule has 7 rings (SSSR count). The molecule has 4 aromatic rings. The predicted molar refractivity (Wildman–Crippen MR) is 175 cm³/mol. The quantitative estimate of drug-likeness (QED) is 0.173. The molecule has 5 N–H and O–H groups in total. The minimum atomic E-state index is -1.47. The second-order valence-corrected chi connectivity index (χ2v) is 12.3. The van der Waals surface area contributed by atoms with Crippen molar-refractivity contribution in [1.29, 1.82) is 0 Å². The van der Waals surface area contributed by atoms with Gasteiger partial charge in [-0.25, -0.2) is 15.0 Å². The number of nitrogens with zero attached hydrogens (tertiary/aromatic N) is 5. The first-order chi connectivity index (χ1) is 22.9. The third-order valence-corrected chi connectivity index (χ3v) is 9.34. The zero-order valence-corrected chi connectivity index (χ0v) is 26.3. The van der Waals surface area contributed by atoms with Crippen molar-refractivity contribution in [3.8, 4) is 11.1 Å². The third kappa shape index (κ3) is 5.95. The number of carbonyl (C=O) groups excluding carboxylic acids is 2. The number of rotatable bonds is 10. The average Bonchev–Trinajstić information content (AvgIpc) is 3.76. The van der Waals surface area contributed by atoms with E-state index in [-0.39, 0.29) is 17.4 Å². The fraction of sp³-hybridized carbons (Fsp3) is 0.441. The molecule has 0 spiro atoms. The van der Waals surface area contributed by atoms with Crippen LogP contribution in [0.15, 0.2) is 54.9 Å². The van der Waals surface area contributed by atoms with Crippen LogP contribution in [-0.2, 0) is 9.53 Å². The molecule has 246 valence electrons. The number of likely N-dealkylation sites (tertiary alicyclic amines) is 1. The number of carbonyl (C=O) groups is 2. The van der Waals surface area contributed by atoms with Crippen LogP contribution in [0.3, 0.4) is 0 Å². The van der Waals surface area contributed by atoms with Crippen LogP contribution in [0.1, 0.15) is 60.1 Å². The van der Waals surface area contributed by atoms with Gasteiger partial charge < -0.3 is 35.8 Å². The minimum Gasteiger partial charge on any atom is -0.387 e. The van der Waals surface area contributed by atoms with Crippen molar-refractivity contribution in [2.45, 2.75) is 56.6 Å². The largest absolute Gasteiger partial charge is 0.387 e. The van der Waals surface area contributed by atoms with Crippen molar-refractivity contribution in [1.82, 2.24) is 35.1 Å². The molecule has 2 saturated heterocycles. The SMILES string of the molecule is CCNC(=O)[C@H]1O[C@@H](n2cnc3c(NCC4c5ccccc5-c5ccccc54)nc(C(=O)NCCN4CCCCC4)nc32)[C@@H](O)[C@@H]1O. The number of hydrogen-bond donors (Lipinski definition) is 5. The summed E-state index contributed by atoms with van der Waals surface area (Å²) in [7, 11) is 0. The molecular weight excluding hydrogens is 600 g/mol. The molecule has 3 aliphatic rings. The van der Waals surface area contributed by atoms with Crippen molar-refractivity contribution in [2.24, 2.45) is 0 Å². The van der Waals surface area contributed by atoms with Gasteiger partial charge in [0.1, 0.15) is 12.2 Å². The number of piperidine rings is 1. The first kappa shape index (κ1) is 31.2. The number of aliphatic hydroxyl groups excluding tert-OH is 2. The van der Waals surface area contributed by atoms with Gasteiger partial charge in [-0.05, 0) is 55.1 Å². The molecule has 0 unspecified atom stereocenters. The number of amides is 2. The standard InChI is InChI=1S/C34H40N8O5/c1-2-35-32(45)28-26(43)27(44)34(47-28)42-19-38-25-29(37-18-24-22-12-6-4-10-20(22)21-11-5-7-13-23(21)24)39-30(40-31(25)42)33(46)36-14-17-41-15-8-3-9-16-41/h4-7,10-13,19,24,26-28,34,43-44H,2-3,8-9,14-18H2,1H3,(H,35,45)(H,36,46)(H,37,39,40)/t26-,27-,28-,34+/m0/s1. The van der Waals surface area contributed by atoms with E-state index >= 15 is 0 Å². The van der Waals surface area contributed by atoms with E-state index in [1.54, 1.807) is 6.92 Å². The Morgan fingerprint density at radius 3 is 2.34 bits per heavy atom. The molecule has 2 aromatic heterocycles. The molecule has 1 aliphatic carbocycles. The van der Waals surface area contributed by atoms with Crippen molar-refractivity contribution in [2.75, 3.05) is 44.6 Å². The van der Waals surface area contributed by atoms with Gasteiger partial charge in [0.05, 0.1) is 6.33 Å². The Labute approximate surface area is 272 Å². The van der Waals surface area contributed by atoms with Crippen LogP contribution in [0.2, 0.25) is 0 Å². The lowest BCUT2D eigenvalue weighted by Gasteiger charge is -2.26. The van der Waals surface area contributed by atoms with E-state index in [1.807, 2.05) is 24.3 Å². The highest BCUT2D eigenvalue weighted by atomic mass is 16.6. The van der Waals surface area contributed by atoms with Gasteiger partial charge in [0.25, 0.3) is 11.8 Å². The lowest BCUT2D eigenvalue weighted by molar-refractivity contribution is -0.137. The van der Waals surface area contributed by atoms with Gasteiger partial charge in [0, 0.05) is 32.1 Å². The maximum Gasteiger partial charge on any atom is 0.289 e. The van der Waals surface area contributed by atoms with Crippen molar-refractivity contribution in [3.05, 3.63) is 71.8 Å². The fourth-order valence-corrected chi connectivity index (χ4v) is 6.98. The molecule has 2 aromatic carbocycles. The molecule has 2 amide bonds. The fourth-order valence-electron chi connectivity index (χ4n) is 6.98. The molecule has 13 nitrogen and oxygen atoms in total. The molecule has 13 heteroatoms. The number of imidazole rings is 1. The predicted octanol–water partition coefficient (Wildman–Crippen LogP) is 2.02. The Balaban J connectivity index is 1.20. The summed E-state index contributed by atoms with van der Waals surface area (Å²) in [5.41, 5.74) is 5.35. The Hall–Kier alpha value is -4.43. The first-order valence-electron chi connectivity index (χ1n) is 16.4. The molecule has 4 atom stereocenters. The summed E-state index contributed by atoms with van der Waals surface area (Å²) in [6.07, 6.45) is -0.396. The van der Waals surface area contributed by atoms with Gasteiger partial charge in [-0.3, -0.25) is 14.2 Å². The summed E-state index contributed by atoms with van der Waals surface area (Å²) in [5.74, 6) is -0.659. The van der Waals surface area contributed by atoms with Crippen LogP contribution >= 0.6 is 0 Å². The number of anilines is 1. The molecule has 0 bridgehead atoms. The van der Waals surface area contributed by atoms with E-state index in [0.29, 0.717) is 31.0 Å². The monoisotopic (exact) mass is 640 g/mol. The molecule has 0 radical (unpaired) electrons. The Morgan fingerprint density at radius 2 is 1.64 bits per heavy atom. The van der Waals surface area contributed by atoms with Crippen molar-refractivity contribution in [3.63, 3.8) is 0 Å². The highest BCUT2D eigenvalue weighted by Gasteiger charge is 2.47. The number of fused-ring (bicyclic) bond motifs is 4. The maximum atomic E-state index is 13.5. The van der Waals surface area contributed by atoms with Crippen LogP contribution < -0.4 is 16.0 Å². The lowest BCUT2D eigenvalue weighted by atomic mass is 9.97. The van der Waals surface area contributed by atoms with E-state index in [0.717, 1.165) is 32.5 Å². The molecule has 2 aliphatic heterocycles. The van der Waals surface area contributed by atoms with E-state index < -0.39 is 36.4 Å². The number of benzene rings is 2. The second-order valence-electron chi connectivity index (χ2n) is 12.3. The summed E-state index contributed by atoms with van der Waals surface area (Å²) in [6.45, 7) is 5.79. The first-order valence-corrected chi connectivity index (χ1v) is 16.4. The van der Waals surface area contributed by atoms with Gasteiger partial charge >= 0.3 is 0 Å². The molecule has 2 fully saturated rings. The number of nitrogens with one attached hydrogen (secondary N) is 3. The van der Waals surface area contributed by atoms with E-state index in [2.05, 4.69) is 60.1 Å². The average molecular weight is 641 g/mol. The lowest BCUT2D eigenvalue weighted by Crippen LogP contribution is -2.42. The van der Waals surface area contributed by atoms with Crippen LogP contribution in [0, 0.1) is 0 Å². The van der Waals surface area contributed by atoms with E-state index in [1.165, 1.54) is 39.6 Å². The van der Waals surface area contributed by atoms with Gasteiger partial charge in [0.15, 0.2) is 29.3 Å². The number of ether oxygens (including phenoxy) is 1. The van der Waals surface area contributed by atoms with Gasteiger partial charge in [-0.2, -0.15) is 0 Å². The number of likely N-dealkylation sites (N-methyl/N-ethyl adjacent to an activating group) is 1. The van der Waals surface area contributed by atoms with Gasteiger partial charge in [0.2, 0.25) is 5.82 Å². The smallest absolute Gasteiger partial charge is 0.289 e. The second kappa shape index (κ2) is 13.4. The topological polar surface area (TPSA) is 167 Å². The Bertz CT molecular complexity index is 1730. The molecular formula is C34H40N8O5. The summed E-state index contributed by atoms with van der Waals surface area (Å²) in [4.78, 5) is 42.1. The van der Waals surface area contributed by atoms with Crippen molar-refractivity contribution >= 4 is 28.8 Å². The maximum absolute atomic E-state index is 13.5. The normalized spacial score (nSPS) is 22.6.